The lowest BCUT2D eigenvalue weighted by Gasteiger charge is -2.12. The van der Waals surface area contributed by atoms with Crippen LogP contribution in [0.4, 0.5) is 0 Å². The molecule has 5 nitrogen and oxygen atoms in total. The van der Waals surface area contributed by atoms with Gasteiger partial charge in [0.1, 0.15) is 0 Å². The molecule has 1 aromatic heterocycles. The van der Waals surface area contributed by atoms with Gasteiger partial charge < -0.3 is 9.47 Å². The topological polar surface area (TPSA) is 53.3 Å². The lowest BCUT2D eigenvalue weighted by atomic mass is 10.1. The van der Waals surface area contributed by atoms with E-state index in [-0.39, 0.29) is 11.8 Å². The molecule has 0 aliphatic carbocycles. The lowest BCUT2D eigenvalue weighted by molar-refractivity contribution is 0.104. The van der Waals surface area contributed by atoms with Crippen LogP contribution in [0, 0.1) is 5.92 Å². The molecule has 0 bridgehead atoms. The summed E-state index contributed by atoms with van der Waals surface area (Å²) in [5.41, 5.74) is 1.46. The Morgan fingerprint density at radius 3 is 2.62 bits per heavy atom. The predicted octanol–water partition coefficient (Wildman–Crippen LogP) is 4.79. The van der Waals surface area contributed by atoms with E-state index in [1.54, 1.807) is 36.3 Å². The highest BCUT2D eigenvalue weighted by Crippen LogP contribution is 2.29. The Bertz CT molecular complexity index is 760. The van der Waals surface area contributed by atoms with Crippen molar-refractivity contribution in [2.45, 2.75) is 40.2 Å². The summed E-state index contributed by atoms with van der Waals surface area (Å²) >= 11 is 0. The molecule has 2 aromatic rings. The molecule has 0 N–H and O–H groups in total. The molecule has 0 amide bonds. The van der Waals surface area contributed by atoms with Gasteiger partial charge >= 0.3 is 0 Å². The number of ether oxygens (including phenoxy) is 2. The number of benzene rings is 1. The Kier molecular flexibility index (Phi) is 7.01. The molecule has 0 aliphatic rings. The molecule has 0 saturated heterocycles. The number of hydrogen-bond acceptors (Lipinski definition) is 4. The fourth-order valence-corrected chi connectivity index (χ4v) is 2.33. The first kappa shape index (κ1) is 19.8. The highest BCUT2D eigenvalue weighted by atomic mass is 16.5. The molecule has 0 spiro atoms. The summed E-state index contributed by atoms with van der Waals surface area (Å²) in [7, 11) is 1.61. The number of hydrogen-bond donors (Lipinski definition) is 0. The molecule has 1 aromatic carbocycles. The number of ketones is 1. The van der Waals surface area contributed by atoms with E-state index in [0.29, 0.717) is 23.8 Å². The van der Waals surface area contributed by atoms with E-state index >= 15 is 0 Å². The fraction of sp³-hybridized carbons (Fsp3) is 0.429. The van der Waals surface area contributed by atoms with Gasteiger partial charge in [0.05, 0.1) is 25.5 Å². The minimum absolute atomic E-state index is 0.0758. The molecule has 0 saturated carbocycles. The maximum atomic E-state index is 12.3. The number of allylic oxidation sites excluding steroid dienone is 1. The van der Waals surface area contributed by atoms with Gasteiger partial charge in [0, 0.05) is 12.2 Å². The molecule has 0 unspecified atom stereocenters. The van der Waals surface area contributed by atoms with E-state index in [9.17, 15) is 4.79 Å². The zero-order valence-electron chi connectivity index (χ0n) is 16.2. The van der Waals surface area contributed by atoms with Crippen LogP contribution in [-0.2, 0) is 0 Å². The second-order valence-electron chi connectivity index (χ2n) is 6.94. The number of methoxy groups -OCH3 is 1. The lowest BCUT2D eigenvalue weighted by Crippen LogP contribution is -2.02. The first-order valence-electron chi connectivity index (χ1n) is 8.98. The monoisotopic (exact) mass is 356 g/mol. The number of rotatable bonds is 9. The van der Waals surface area contributed by atoms with E-state index < -0.39 is 0 Å². The van der Waals surface area contributed by atoms with Crippen LogP contribution in [0.1, 0.15) is 56.1 Å². The normalized spacial score (nSPS) is 11.5. The van der Waals surface area contributed by atoms with Gasteiger partial charge in [-0.15, -0.1) is 0 Å². The van der Waals surface area contributed by atoms with Gasteiger partial charge in [0.25, 0.3) is 0 Å². The number of aromatic nitrogens is 2. The molecule has 0 radical (unpaired) electrons. The zero-order valence-corrected chi connectivity index (χ0v) is 16.2. The second-order valence-corrected chi connectivity index (χ2v) is 6.94. The summed E-state index contributed by atoms with van der Waals surface area (Å²) in [6.45, 7) is 9.02. The summed E-state index contributed by atoms with van der Waals surface area (Å²) in [5, 5.41) is 4.20. The first-order chi connectivity index (χ1) is 12.4. The molecular weight excluding hydrogens is 328 g/mol. The Labute approximate surface area is 155 Å². The zero-order chi connectivity index (χ0) is 19.1. The van der Waals surface area contributed by atoms with Crippen LogP contribution >= 0.6 is 0 Å². The molecule has 0 atom stereocenters. The van der Waals surface area contributed by atoms with Crippen molar-refractivity contribution < 1.29 is 14.3 Å². The number of nitrogens with zero attached hydrogens (tertiary/aromatic N) is 2. The summed E-state index contributed by atoms with van der Waals surface area (Å²) in [6, 6.07) is 5.88. The van der Waals surface area contributed by atoms with Gasteiger partial charge in [-0.05, 0) is 50.0 Å². The van der Waals surface area contributed by atoms with Crippen LogP contribution in [0.3, 0.4) is 0 Å². The van der Waals surface area contributed by atoms with Gasteiger partial charge in [0.2, 0.25) is 0 Å². The largest absolute Gasteiger partial charge is 0.493 e. The summed E-state index contributed by atoms with van der Waals surface area (Å²) in [4.78, 5) is 12.3. The third-order valence-corrected chi connectivity index (χ3v) is 3.98. The van der Waals surface area contributed by atoms with Crippen molar-refractivity contribution in [2.75, 3.05) is 13.7 Å². The van der Waals surface area contributed by atoms with Crippen molar-refractivity contribution in [3.63, 3.8) is 0 Å². The Balaban J connectivity index is 2.05. The third-order valence-electron chi connectivity index (χ3n) is 3.98. The number of carbonyl (C=O) groups is 1. The molecule has 5 heteroatoms. The summed E-state index contributed by atoms with van der Waals surface area (Å²) < 4.78 is 13.0. The molecule has 140 valence electrons. The van der Waals surface area contributed by atoms with Crippen molar-refractivity contribution in [2.24, 2.45) is 5.92 Å². The van der Waals surface area contributed by atoms with Crippen LogP contribution in [0.5, 0.6) is 11.5 Å². The van der Waals surface area contributed by atoms with Gasteiger partial charge in [-0.25, -0.2) is 0 Å². The van der Waals surface area contributed by atoms with Crippen LogP contribution in [0.25, 0.3) is 6.08 Å². The molecular formula is C21H28N2O3. The third kappa shape index (κ3) is 5.48. The minimum atomic E-state index is -0.0758. The standard InChI is InChI=1S/C21H28N2O3/c1-15(2)10-11-26-20-9-7-17(12-21(20)25-5)6-8-19(24)18-13-22-23(14-18)16(3)4/h6-9,12-16H,10-11H2,1-5H3/b8-6+. The van der Waals surface area contributed by atoms with E-state index in [1.807, 2.05) is 32.0 Å². The maximum absolute atomic E-state index is 12.3. The highest BCUT2D eigenvalue weighted by Gasteiger charge is 2.08. The van der Waals surface area contributed by atoms with Crippen LogP contribution in [-0.4, -0.2) is 29.3 Å². The molecule has 2 rings (SSSR count). The highest BCUT2D eigenvalue weighted by molar-refractivity contribution is 6.06. The Hall–Kier alpha value is -2.56. The van der Waals surface area contributed by atoms with Gasteiger partial charge in [0.15, 0.2) is 17.3 Å². The summed E-state index contributed by atoms with van der Waals surface area (Å²) in [5.74, 6) is 1.90. The van der Waals surface area contributed by atoms with Crippen molar-refractivity contribution in [3.05, 3.63) is 47.8 Å². The van der Waals surface area contributed by atoms with Gasteiger partial charge in [-0.1, -0.05) is 26.0 Å². The fourth-order valence-electron chi connectivity index (χ4n) is 2.33. The van der Waals surface area contributed by atoms with Crippen LogP contribution in [0.2, 0.25) is 0 Å². The van der Waals surface area contributed by atoms with E-state index in [2.05, 4.69) is 18.9 Å². The minimum Gasteiger partial charge on any atom is -0.493 e. The van der Waals surface area contributed by atoms with E-state index in [4.69, 9.17) is 9.47 Å². The van der Waals surface area contributed by atoms with Crippen molar-refractivity contribution in [1.29, 1.82) is 0 Å². The van der Waals surface area contributed by atoms with Gasteiger partial charge in [-0.3, -0.25) is 9.48 Å². The van der Waals surface area contributed by atoms with Crippen molar-refractivity contribution in [3.8, 4) is 11.5 Å². The molecule has 1 heterocycles. The van der Waals surface area contributed by atoms with Crippen molar-refractivity contribution in [1.82, 2.24) is 9.78 Å². The molecule has 0 aliphatic heterocycles. The molecule has 0 fully saturated rings. The molecule has 26 heavy (non-hydrogen) atoms. The predicted molar refractivity (Wildman–Crippen MR) is 104 cm³/mol. The van der Waals surface area contributed by atoms with Crippen LogP contribution in [0.15, 0.2) is 36.7 Å². The van der Waals surface area contributed by atoms with Gasteiger partial charge in [-0.2, -0.15) is 5.10 Å². The van der Waals surface area contributed by atoms with E-state index in [0.717, 1.165) is 17.7 Å². The van der Waals surface area contributed by atoms with Crippen molar-refractivity contribution >= 4 is 11.9 Å². The maximum Gasteiger partial charge on any atom is 0.189 e. The smallest absolute Gasteiger partial charge is 0.189 e. The first-order valence-corrected chi connectivity index (χ1v) is 8.98. The SMILES string of the molecule is COc1cc(/C=C/C(=O)c2cnn(C(C)C)c2)ccc1OCCC(C)C. The quantitative estimate of drug-likeness (QED) is 0.479. The Morgan fingerprint density at radius 2 is 2.00 bits per heavy atom. The average Bonchev–Trinajstić information content (AvgIpc) is 3.10. The van der Waals surface area contributed by atoms with Crippen LogP contribution < -0.4 is 9.47 Å². The second kappa shape index (κ2) is 9.22. The summed E-state index contributed by atoms with van der Waals surface area (Å²) in [6.07, 6.45) is 7.68. The Morgan fingerprint density at radius 1 is 1.23 bits per heavy atom. The number of carbonyl (C=O) groups excluding carboxylic acids is 1. The average molecular weight is 356 g/mol. The van der Waals surface area contributed by atoms with E-state index in [1.165, 1.54) is 0 Å².